The lowest BCUT2D eigenvalue weighted by molar-refractivity contribution is 0.581. The molecule has 0 saturated carbocycles. The van der Waals surface area contributed by atoms with Crippen LogP contribution in [0.2, 0.25) is 0 Å². The number of sulfonamides is 1. The Morgan fingerprint density at radius 1 is 0.923 bits per heavy atom. The van der Waals surface area contributed by atoms with Crippen LogP contribution in [0.1, 0.15) is 5.56 Å². The van der Waals surface area contributed by atoms with Gasteiger partial charge in [0.05, 0.1) is 15.9 Å². The predicted molar refractivity (Wildman–Crippen MR) is 99.8 cm³/mol. The fourth-order valence-corrected chi connectivity index (χ4v) is 3.66. The second-order valence-corrected chi connectivity index (χ2v) is 7.57. The minimum atomic E-state index is -3.58. The fraction of sp³-hybridized carbons (Fsp3) is 0.0526. The van der Waals surface area contributed by atoms with Crippen LogP contribution in [0, 0.1) is 0 Å². The highest BCUT2D eigenvalue weighted by atomic mass is 32.2. The van der Waals surface area contributed by atoms with Crippen LogP contribution in [-0.4, -0.2) is 23.4 Å². The van der Waals surface area contributed by atoms with Crippen molar-refractivity contribution in [2.75, 3.05) is 0 Å². The van der Waals surface area contributed by atoms with Crippen molar-refractivity contribution < 1.29 is 8.42 Å². The number of aromatic nitrogens is 3. The van der Waals surface area contributed by atoms with Gasteiger partial charge in [-0.1, -0.05) is 12.1 Å². The third-order valence-electron chi connectivity index (χ3n) is 4.04. The Hall–Kier alpha value is -3.03. The predicted octanol–water partition coefficient (Wildman–Crippen LogP) is 3.10. The molecule has 2 N–H and O–H groups in total. The molecule has 4 aromatic rings. The maximum absolute atomic E-state index is 12.4. The Morgan fingerprint density at radius 3 is 2.38 bits per heavy atom. The Bertz CT molecular complexity index is 1100. The highest BCUT2D eigenvalue weighted by molar-refractivity contribution is 7.89. The number of para-hydroxylation sites is 2. The zero-order valence-corrected chi connectivity index (χ0v) is 14.6. The number of imidazole rings is 1. The summed E-state index contributed by atoms with van der Waals surface area (Å²) < 4.78 is 27.5. The minimum Gasteiger partial charge on any atom is -0.338 e. The normalized spacial score (nSPS) is 11.7. The monoisotopic (exact) mass is 364 g/mol. The van der Waals surface area contributed by atoms with Gasteiger partial charge in [0, 0.05) is 24.5 Å². The molecule has 0 bridgehead atoms. The topological polar surface area (TPSA) is 87.7 Å². The van der Waals surface area contributed by atoms with Crippen LogP contribution in [0.3, 0.4) is 0 Å². The van der Waals surface area contributed by atoms with E-state index < -0.39 is 10.0 Å². The van der Waals surface area contributed by atoms with Gasteiger partial charge in [0.15, 0.2) is 0 Å². The standard InChI is InChI=1S/C19H16N4O2S/c24-26(25,21-13-14-9-11-20-12-10-14)16-7-5-15(6-8-16)19-22-17-3-1-2-4-18(17)23-19/h1-12,21H,13H2,(H,22,23). The molecule has 0 aliphatic carbocycles. The lowest BCUT2D eigenvalue weighted by Gasteiger charge is -2.07. The lowest BCUT2D eigenvalue weighted by Crippen LogP contribution is -2.23. The summed E-state index contributed by atoms with van der Waals surface area (Å²) in [4.78, 5) is 11.9. The Balaban J connectivity index is 1.54. The van der Waals surface area contributed by atoms with E-state index in [1.54, 1.807) is 48.8 Å². The van der Waals surface area contributed by atoms with Gasteiger partial charge < -0.3 is 4.98 Å². The number of H-pyrrole nitrogens is 1. The molecule has 2 aromatic carbocycles. The first-order valence-corrected chi connectivity index (χ1v) is 9.54. The van der Waals surface area contributed by atoms with Gasteiger partial charge in [-0.25, -0.2) is 18.1 Å². The second-order valence-electron chi connectivity index (χ2n) is 5.81. The number of pyridine rings is 1. The Kier molecular flexibility index (Phi) is 4.24. The fourth-order valence-electron chi connectivity index (χ4n) is 2.64. The molecule has 0 unspecified atom stereocenters. The van der Waals surface area contributed by atoms with Crippen molar-refractivity contribution in [2.24, 2.45) is 0 Å². The van der Waals surface area contributed by atoms with Gasteiger partial charge in [0.2, 0.25) is 10.0 Å². The van der Waals surface area contributed by atoms with Crippen molar-refractivity contribution in [1.82, 2.24) is 19.7 Å². The summed E-state index contributed by atoms with van der Waals surface area (Å²) in [6, 6.07) is 17.9. The molecule has 0 aliphatic heterocycles. The molecule has 0 atom stereocenters. The molecule has 0 aliphatic rings. The summed E-state index contributed by atoms with van der Waals surface area (Å²) in [5.74, 6) is 0.708. The number of nitrogens with zero attached hydrogens (tertiary/aromatic N) is 2. The minimum absolute atomic E-state index is 0.214. The number of benzene rings is 2. The third kappa shape index (κ3) is 3.35. The second kappa shape index (κ2) is 6.70. The lowest BCUT2D eigenvalue weighted by atomic mass is 10.2. The number of aromatic amines is 1. The summed E-state index contributed by atoms with van der Waals surface area (Å²) in [5, 5.41) is 0. The number of hydrogen-bond acceptors (Lipinski definition) is 4. The van der Waals surface area contributed by atoms with Crippen LogP contribution in [0.25, 0.3) is 22.4 Å². The van der Waals surface area contributed by atoms with Crippen molar-refractivity contribution in [3.8, 4) is 11.4 Å². The zero-order valence-electron chi connectivity index (χ0n) is 13.8. The summed E-state index contributed by atoms with van der Waals surface area (Å²) in [5.41, 5.74) is 3.49. The van der Waals surface area contributed by atoms with Gasteiger partial charge in [0.25, 0.3) is 0 Å². The molecule has 0 amide bonds. The van der Waals surface area contributed by atoms with Gasteiger partial charge in [-0.15, -0.1) is 0 Å². The quantitative estimate of drug-likeness (QED) is 0.570. The van der Waals surface area contributed by atoms with E-state index >= 15 is 0 Å². The molecular formula is C19H16N4O2S. The van der Waals surface area contributed by atoms with Crippen molar-refractivity contribution >= 4 is 21.1 Å². The highest BCUT2D eigenvalue weighted by Gasteiger charge is 2.14. The molecule has 4 rings (SSSR count). The van der Waals surface area contributed by atoms with E-state index in [0.29, 0.717) is 5.82 Å². The number of fused-ring (bicyclic) bond motifs is 1. The van der Waals surface area contributed by atoms with Gasteiger partial charge in [0.1, 0.15) is 5.82 Å². The molecule has 0 fully saturated rings. The van der Waals surface area contributed by atoms with Crippen molar-refractivity contribution in [3.63, 3.8) is 0 Å². The molecule has 0 saturated heterocycles. The van der Waals surface area contributed by atoms with E-state index in [1.807, 2.05) is 24.3 Å². The maximum Gasteiger partial charge on any atom is 0.240 e. The average Bonchev–Trinajstić information content (AvgIpc) is 3.12. The molecule has 0 radical (unpaired) electrons. The molecule has 26 heavy (non-hydrogen) atoms. The van der Waals surface area contributed by atoms with Gasteiger partial charge in [-0.3, -0.25) is 4.98 Å². The first-order valence-electron chi connectivity index (χ1n) is 8.06. The Morgan fingerprint density at radius 2 is 1.65 bits per heavy atom. The third-order valence-corrected chi connectivity index (χ3v) is 5.46. The van der Waals surface area contributed by atoms with Gasteiger partial charge in [-0.2, -0.15) is 0 Å². The molecule has 7 heteroatoms. The van der Waals surface area contributed by atoms with Crippen molar-refractivity contribution in [2.45, 2.75) is 11.4 Å². The van der Waals surface area contributed by atoms with E-state index in [2.05, 4.69) is 19.7 Å². The van der Waals surface area contributed by atoms with Crippen LogP contribution >= 0.6 is 0 Å². The smallest absolute Gasteiger partial charge is 0.240 e. The molecule has 2 heterocycles. The van der Waals surface area contributed by atoms with Crippen LogP contribution < -0.4 is 4.72 Å². The number of hydrogen-bond donors (Lipinski definition) is 2. The number of rotatable bonds is 5. The van der Waals surface area contributed by atoms with E-state index in [1.165, 1.54) is 0 Å². The first kappa shape index (κ1) is 16.4. The molecule has 0 spiro atoms. The number of nitrogens with one attached hydrogen (secondary N) is 2. The van der Waals surface area contributed by atoms with Crippen LogP contribution in [0.15, 0.2) is 78.0 Å². The Labute approximate surface area is 151 Å². The maximum atomic E-state index is 12.4. The molecule has 2 aromatic heterocycles. The highest BCUT2D eigenvalue weighted by Crippen LogP contribution is 2.22. The van der Waals surface area contributed by atoms with E-state index in [9.17, 15) is 8.42 Å². The van der Waals surface area contributed by atoms with Crippen LogP contribution in [-0.2, 0) is 16.6 Å². The largest absolute Gasteiger partial charge is 0.338 e. The van der Waals surface area contributed by atoms with Crippen LogP contribution in [0.5, 0.6) is 0 Å². The van der Waals surface area contributed by atoms with Crippen molar-refractivity contribution in [1.29, 1.82) is 0 Å². The van der Waals surface area contributed by atoms with Gasteiger partial charge in [-0.05, 0) is 54.1 Å². The van der Waals surface area contributed by atoms with Crippen molar-refractivity contribution in [3.05, 3.63) is 78.6 Å². The molecule has 6 nitrogen and oxygen atoms in total. The average molecular weight is 364 g/mol. The summed E-state index contributed by atoms with van der Waals surface area (Å²) in [6.45, 7) is 0.218. The molecule has 130 valence electrons. The first-order chi connectivity index (χ1) is 12.6. The summed E-state index contributed by atoms with van der Waals surface area (Å²) in [6.07, 6.45) is 3.26. The van der Waals surface area contributed by atoms with Gasteiger partial charge >= 0.3 is 0 Å². The molecular weight excluding hydrogens is 348 g/mol. The summed E-state index contributed by atoms with van der Waals surface area (Å²) >= 11 is 0. The van der Waals surface area contributed by atoms with E-state index in [4.69, 9.17) is 0 Å². The SMILES string of the molecule is O=S(=O)(NCc1ccncc1)c1ccc(-c2nc3ccccc3[nH]2)cc1. The zero-order chi connectivity index (χ0) is 18.0. The van der Waals surface area contributed by atoms with E-state index in [0.717, 1.165) is 22.2 Å². The summed E-state index contributed by atoms with van der Waals surface area (Å²) in [7, 11) is -3.58. The van der Waals surface area contributed by atoms with Crippen LogP contribution in [0.4, 0.5) is 0 Å². The van der Waals surface area contributed by atoms with E-state index in [-0.39, 0.29) is 11.4 Å².